The smallest absolute Gasteiger partial charge is 0.254 e. The summed E-state index contributed by atoms with van der Waals surface area (Å²) in [6, 6.07) is 0. The number of aliphatic hydroxyl groups is 1. The predicted octanol–water partition coefficient (Wildman–Crippen LogP) is -0.181. The maximum absolute atomic E-state index is 11.7. The number of aromatic amines is 1. The van der Waals surface area contributed by atoms with Gasteiger partial charge in [-0.2, -0.15) is 0 Å². The molecule has 0 bridgehead atoms. The number of H-pyrrole nitrogens is 1. The Hall–Kier alpha value is -1.24. The lowest BCUT2D eigenvalue weighted by Crippen LogP contribution is -2.21. The largest absolute Gasteiger partial charge is 0.396 e. The molecule has 6 nitrogen and oxygen atoms in total. The molecule has 0 amide bonds. The van der Waals surface area contributed by atoms with Crippen LogP contribution in [0.3, 0.4) is 0 Å². The van der Waals surface area contributed by atoms with Crippen LogP contribution >= 0.6 is 0 Å². The molecule has 102 valence electrons. The minimum Gasteiger partial charge on any atom is -0.396 e. The van der Waals surface area contributed by atoms with Crippen LogP contribution in [-0.2, 0) is 22.3 Å². The molecule has 0 atom stereocenters. The van der Waals surface area contributed by atoms with Gasteiger partial charge in [0.2, 0.25) is 0 Å². The first-order chi connectivity index (χ1) is 8.69. The molecule has 1 rings (SSSR count). The van der Waals surface area contributed by atoms with Crippen LogP contribution in [0.4, 0.5) is 0 Å². The molecule has 18 heavy (non-hydrogen) atoms. The van der Waals surface area contributed by atoms with Gasteiger partial charge in [0.1, 0.15) is 5.82 Å². The van der Waals surface area contributed by atoms with E-state index < -0.39 is 0 Å². The topological polar surface area (TPSA) is 84.4 Å². The van der Waals surface area contributed by atoms with E-state index in [1.54, 1.807) is 14.0 Å². The van der Waals surface area contributed by atoms with Gasteiger partial charge in [0.15, 0.2) is 0 Å². The number of nitrogens with one attached hydrogen (secondary N) is 1. The number of rotatable bonds is 8. The molecule has 1 aromatic rings. The number of methoxy groups -OCH3 is 1. The van der Waals surface area contributed by atoms with Gasteiger partial charge in [-0.25, -0.2) is 4.98 Å². The summed E-state index contributed by atoms with van der Waals surface area (Å²) in [4.78, 5) is 18.7. The molecule has 0 fully saturated rings. The van der Waals surface area contributed by atoms with Gasteiger partial charge in [-0.15, -0.1) is 0 Å². The monoisotopic (exact) mass is 256 g/mol. The molecule has 0 spiro atoms. The first-order valence-electron chi connectivity index (χ1n) is 5.95. The first-order valence-corrected chi connectivity index (χ1v) is 5.95. The summed E-state index contributed by atoms with van der Waals surface area (Å²) >= 11 is 0. The van der Waals surface area contributed by atoms with Crippen molar-refractivity contribution >= 4 is 0 Å². The fourth-order valence-electron chi connectivity index (χ4n) is 1.61. The Morgan fingerprint density at radius 1 is 1.28 bits per heavy atom. The van der Waals surface area contributed by atoms with E-state index in [9.17, 15) is 4.79 Å². The van der Waals surface area contributed by atoms with Crippen LogP contribution < -0.4 is 5.56 Å². The van der Waals surface area contributed by atoms with Crippen LogP contribution in [0.5, 0.6) is 0 Å². The van der Waals surface area contributed by atoms with Crippen molar-refractivity contribution in [3.05, 3.63) is 27.4 Å². The van der Waals surface area contributed by atoms with E-state index in [1.807, 2.05) is 0 Å². The second-order valence-corrected chi connectivity index (χ2v) is 3.91. The minimum absolute atomic E-state index is 0.0505. The van der Waals surface area contributed by atoms with Gasteiger partial charge in [-0.1, -0.05) is 0 Å². The molecule has 0 unspecified atom stereocenters. The van der Waals surface area contributed by atoms with E-state index in [2.05, 4.69) is 9.97 Å². The Kier molecular flexibility index (Phi) is 6.56. The van der Waals surface area contributed by atoms with Gasteiger partial charge >= 0.3 is 0 Å². The zero-order valence-corrected chi connectivity index (χ0v) is 10.9. The summed E-state index contributed by atoms with van der Waals surface area (Å²) in [6.07, 6.45) is 0.887. The number of hydrogen-bond donors (Lipinski definition) is 2. The zero-order valence-electron chi connectivity index (χ0n) is 10.9. The Bertz CT molecular complexity index is 417. The van der Waals surface area contributed by atoms with Crippen LogP contribution in [-0.4, -0.2) is 48.6 Å². The standard InChI is InChI=1S/C12H20N2O4/c1-9-10(3-5-15)12(16)14-11(13-9)4-6-18-8-7-17-2/h15H,3-8H2,1-2H3,(H,13,14,16). The van der Waals surface area contributed by atoms with Gasteiger partial charge < -0.3 is 19.6 Å². The molecular formula is C12H20N2O4. The highest BCUT2D eigenvalue weighted by Crippen LogP contribution is 2.00. The van der Waals surface area contributed by atoms with Crippen molar-refractivity contribution in [3.63, 3.8) is 0 Å². The molecule has 1 aromatic heterocycles. The van der Waals surface area contributed by atoms with E-state index in [0.29, 0.717) is 49.7 Å². The van der Waals surface area contributed by atoms with Crippen molar-refractivity contribution in [2.45, 2.75) is 19.8 Å². The van der Waals surface area contributed by atoms with E-state index in [4.69, 9.17) is 14.6 Å². The fraction of sp³-hybridized carbons (Fsp3) is 0.667. The first kappa shape index (κ1) is 14.8. The predicted molar refractivity (Wildman–Crippen MR) is 66.8 cm³/mol. The van der Waals surface area contributed by atoms with Crippen molar-refractivity contribution in [2.75, 3.05) is 33.5 Å². The summed E-state index contributed by atoms with van der Waals surface area (Å²) in [5, 5.41) is 8.85. The van der Waals surface area contributed by atoms with Crippen molar-refractivity contribution in [1.29, 1.82) is 0 Å². The molecule has 0 radical (unpaired) electrons. The molecule has 0 aromatic carbocycles. The van der Waals surface area contributed by atoms with Crippen LogP contribution in [0.15, 0.2) is 4.79 Å². The third-order valence-electron chi connectivity index (χ3n) is 2.55. The number of nitrogens with zero attached hydrogens (tertiary/aromatic N) is 1. The highest BCUT2D eigenvalue weighted by molar-refractivity contribution is 5.16. The summed E-state index contributed by atoms with van der Waals surface area (Å²) in [5.74, 6) is 0.608. The van der Waals surface area contributed by atoms with Gasteiger partial charge in [-0.3, -0.25) is 4.79 Å². The van der Waals surface area contributed by atoms with Gasteiger partial charge in [0.05, 0.1) is 19.8 Å². The Labute approximate surface area is 106 Å². The number of ether oxygens (including phenoxy) is 2. The molecule has 0 aliphatic rings. The lowest BCUT2D eigenvalue weighted by molar-refractivity contribution is 0.0716. The van der Waals surface area contributed by atoms with E-state index >= 15 is 0 Å². The summed E-state index contributed by atoms with van der Waals surface area (Å²) in [6.45, 7) is 3.30. The van der Waals surface area contributed by atoms with Crippen LogP contribution in [0.2, 0.25) is 0 Å². The molecule has 0 aliphatic carbocycles. The second kappa shape index (κ2) is 7.97. The van der Waals surface area contributed by atoms with Crippen molar-refractivity contribution in [3.8, 4) is 0 Å². The Morgan fingerprint density at radius 3 is 2.67 bits per heavy atom. The van der Waals surface area contributed by atoms with Crippen LogP contribution in [0.1, 0.15) is 17.1 Å². The average molecular weight is 256 g/mol. The van der Waals surface area contributed by atoms with E-state index in [1.165, 1.54) is 0 Å². The van der Waals surface area contributed by atoms with Gasteiger partial charge in [0.25, 0.3) is 5.56 Å². The molecule has 0 saturated carbocycles. The average Bonchev–Trinajstić information content (AvgIpc) is 2.33. The Morgan fingerprint density at radius 2 is 2.06 bits per heavy atom. The summed E-state index contributed by atoms with van der Waals surface area (Å²) in [7, 11) is 1.62. The maximum Gasteiger partial charge on any atom is 0.254 e. The lowest BCUT2D eigenvalue weighted by atomic mass is 10.2. The number of hydrogen-bond acceptors (Lipinski definition) is 5. The second-order valence-electron chi connectivity index (χ2n) is 3.91. The van der Waals surface area contributed by atoms with E-state index in [0.717, 1.165) is 0 Å². The highest BCUT2D eigenvalue weighted by atomic mass is 16.5. The van der Waals surface area contributed by atoms with Crippen LogP contribution in [0.25, 0.3) is 0 Å². The van der Waals surface area contributed by atoms with E-state index in [-0.39, 0.29) is 12.2 Å². The maximum atomic E-state index is 11.7. The molecular weight excluding hydrogens is 236 g/mol. The normalized spacial score (nSPS) is 10.8. The molecule has 0 aliphatic heterocycles. The van der Waals surface area contributed by atoms with Crippen LogP contribution in [0, 0.1) is 6.92 Å². The third-order valence-corrected chi connectivity index (χ3v) is 2.55. The quantitative estimate of drug-likeness (QED) is 0.630. The van der Waals surface area contributed by atoms with Gasteiger partial charge in [0, 0.05) is 37.8 Å². The molecule has 1 heterocycles. The van der Waals surface area contributed by atoms with Gasteiger partial charge in [-0.05, 0) is 6.92 Å². The number of aryl methyl sites for hydroxylation is 1. The molecule has 6 heteroatoms. The van der Waals surface area contributed by atoms with Crippen molar-refractivity contribution < 1.29 is 14.6 Å². The summed E-state index contributed by atoms with van der Waals surface area (Å²) in [5.41, 5.74) is 1.03. The molecule has 0 saturated heterocycles. The van der Waals surface area contributed by atoms with Crippen molar-refractivity contribution in [1.82, 2.24) is 9.97 Å². The number of aromatic nitrogens is 2. The Balaban J connectivity index is 2.55. The zero-order chi connectivity index (χ0) is 13.4. The SMILES string of the molecule is COCCOCCc1nc(C)c(CCO)c(=O)[nH]1. The summed E-state index contributed by atoms with van der Waals surface area (Å²) < 4.78 is 10.2. The molecule has 2 N–H and O–H groups in total. The minimum atomic E-state index is -0.177. The lowest BCUT2D eigenvalue weighted by Gasteiger charge is -2.06. The third kappa shape index (κ3) is 4.56. The number of aliphatic hydroxyl groups excluding tert-OH is 1. The fourth-order valence-corrected chi connectivity index (χ4v) is 1.61. The highest BCUT2D eigenvalue weighted by Gasteiger charge is 2.07. The van der Waals surface area contributed by atoms with Crippen molar-refractivity contribution in [2.24, 2.45) is 0 Å².